The summed E-state index contributed by atoms with van der Waals surface area (Å²) in [7, 11) is 0. The van der Waals surface area contributed by atoms with Crippen LogP contribution in [0.15, 0.2) is 36.0 Å². The van der Waals surface area contributed by atoms with Crippen molar-refractivity contribution in [3.63, 3.8) is 0 Å². The first-order valence-electron chi connectivity index (χ1n) is 4.19. The molecule has 0 radical (unpaired) electrons. The number of hydrogen-bond donors (Lipinski definition) is 0. The van der Waals surface area contributed by atoms with Crippen molar-refractivity contribution >= 4 is 17.1 Å². The van der Waals surface area contributed by atoms with Crippen molar-refractivity contribution in [3.05, 3.63) is 46.7 Å². The molecule has 0 saturated carbocycles. The van der Waals surface area contributed by atoms with Gasteiger partial charge in [0.15, 0.2) is 5.78 Å². The highest BCUT2D eigenvalue weighted by Crippen LogP contribution is 2.10. The highest BCUT2D eigenvalue weighted by molar-refractivity contribution is 7.12. The highest BCUT2D eigenvalue weighted by Gasteiger charge is 2.08. The molecule has 4 heteroatoms. The normalized spacial score (nSPS) is 10.0. The van der Waals surface area contributed by atoms with Crippen molar-refractivity contribution < 1.29 is 4.79 Å². The molecule has 0 aliphatic rings. The highest BCUT2D eigenvalue weighted by atomic mass is 32.1. The standard InChI is InChI=1S/C10H8N2OS/c13-8(9-3-1-6-14-9)7-10-11-4-2-5-12-10/h1-6H,7H2. The van der Waals surface area contributed by atoms with Crippen molar-refractivity contribution in [2.75, 3.05) is 0 Å². The lowest BCUT2D eigenvalue weighted by Crippen LogP contribution is -2.04. The summed E-state index contributed by atoms with van der Waals surface area (Å²) in [6.07, 6.45) is 3.56. The number of hydrogen-bond acceptors (Lipinski definition) is 4. The SMILES string of the molecule is O=C(Cc1ncccn1)c1cccs1. The van der Waals surface area contributed by atoms with Crippen LogP contribution in [0.2, 0.25) is 0 Å². The monoisotopic (exact) mass is 204 g/mol. The molecule has 0 bridgehead atoms. The second-order valence-corrected chi connectivity index (χ2v) is 3.69. The van der Waals surface area contributed by atoms with Gasteiger partial charge in [-0.3, -0.25) is 4.79 Å². The molecule has 0 aliphatic carbocycles. The fourth-order valence-electron chi connectivity index (χ4n) is 1.09. The van der Waals surface area contributed by atoms with Gasteiger partial charge in [-0.05, 0) is 17.5 Å². The maximum Gasteiger partial charge on any atom is 0.180 e. The van der Waals surface area contributed by atoms with Gasteiger partial charge in [0.2, 0.25) is 0 Å². The van der Waals surface area contributed by atoms with Crippen LogP contribution in [0.4, 0.5) is 0 Å². The lowest BCUT2D eigenvalue weighted by atomic mass is 10.2. The number of carbonyl (C=O) groups is 1. The topological polar surface area (TPSA) is 42.9 Å². The molecular formula is C10H8N2OS. The van der Waals surface area contributed by atoms with Crippen LogP contribution < -0.4 is 0 Å². The minimum absolute atomic E-state index is 0.0752. The largest absolute Gasteiger partial charge is 0.293 e. The summed E-state index contributed by atoms with van der Waals surface area (Å²) in [5, 5.41) is 1.89. The summed E-state index contributed by atoms with van der Waals surface area (Å²) in [6.45, 7) is 0. The predicted molar refractivity (Wildman–Crippen MR) is 54.4 cm³/mol. The number of rotatable bonds is 3. The van der Waals surface area contributed by atoms with Crippen molar-refractivity contribution in [1.29, 1.82) is 0 Å². The predicted octanol–water partition coefficient (Wildman–Crippen LogP) is 1.96. The summed E-state index contributed by atoms with van der Waals surface area (Å²) in [6, 6.07) is 5.42. The van der Waals surface area contributed by atoms with E-state index in [1.54, 1.807) is 18.5 Å². The number of carbonyl (C=O) groups excluding carboxylic acids is 1. The van der Waals surface area contributed by atoms with E-state index >= 15 is 0 Å². The lowest BCUT2D eigenvalue weighted by molar-refractivity contribution is 0.0994. The molecular weight excluding hydrogens is 196 g/mol. The molecule has 0 spiro atoms. The maximum atomic E-state index is 11.6. The Kier molecular flexibility index (Phi) is 2.65. The Morgan fingerprint density at radius 2 is 2.07 bits per heavy atom. The molecule has 2 aromatic heterocycles. The fraction of sp³-hybridized carbons (Fsp3) is 0.100. The molecule has 0 N–H and O–H groups in total. The summed E-state index contributed by atoms with van der Waals surface area (Å²) in [5.41, 5.74) is 0. The number of thiophene rings is 1. The van der Waals surface area contributed by atoms with Crippen LogP contribution in [-0.4, -0.2) is 15.8 Å². The molecule has 2 rings (SSSR count). The molecule has 0 amide bonds. The van der Waals surface area contributed by atoms with Crippen LogP contribution >= 0.6 is 11.3 Å². The Labute approximate surface area is 85.5 Å². The van der Waals surface area contributed by atoms with E-state index in [1.807, 2.05) is 17.5 Å². The average Bonchev–Trinajstić information content (AvgIpc) is 2.72. The smallest absolute Gasteiger partial charge is 0.180 e. The molecule has 0 atom stereocenters. The van der Waals surface area contributed by atoms with Crippen LogP contribution in [0.5, 0.6) is 0 Å². The van der Waals surface area contributed by atoms with Crippen LogP contribution in [0, 0.1) is 0 Å². The van der Waals surface area contributed by atoms with Gasteiger partial charge in [-0.25, -0.2) is 9.97 Å². The minimum atomic E-state index is 0.0752. The van der Waals surface area contributed by atoms with E-state index in [0.29, 0.717) is 5.82 Å². The van der Waals surface area contributed by atoms with Crippen LogP contribution in [0.25, 0.3) is 0 Å². The van der Waals surface area contributed by atoms with Gasteiger partial charge in [0.1, 0.15) is 5.82 Å². The Morgan fingerprint density at radius 3 is 2.71 bits per heavy atom. The summed E-state index contributed by atoms with van der Waals surface area (Å²) < 4.78 is 0. The fourth-order valence-corrected chi connectivity index (χ4v) is 1.75. The molecule has 14 heavy (non-hydrogen) atoms. The van der Waals surface area contributed by atoms with E-state index in [1.165, 1.54) is 11.3 Å². The maximum absolute atomic E-state index is 11.6. The van der Waals surface area contributed by atoms with Crippen molar-refractivity contribution in [2.24, 2.45) is 0 Å². The Morgan fingerprint density at radius 1 is 1.29 bits per heavy atom. The van der Waals surface area contributed by atoms with Gasteiger partial charge >= 0.3 is 0 Å². The van der Waals surface area contributed by atoms with Gasteiger partial charge in [0.25, 0.3) is 0 Å². The molecule has 0 saturated heterocycles. The quantitative estimate of drug-likeness (QED) is 0.718. The van der Waals surface area contributed by atoms with E-state index in [-0.39, 0.29) is 12.2 Å². The molecule has 2 aromatic rings. The van der Waals surface area contributed by atoms with Gasteiger partial charge in [-0.1, -0.05) is 6.07 Å². The third-order valence-corrected chi connectivity index (χ3v) is 2.64. The van der Waals surface area contributed by atoms with Crippen LogP contribution in [-0.2, 0) is 6.42 Å². The summed E-state index contributed by atoms with van der Waals surface area (Å²) in [5.74, 6) is 0.650. The van der Waals surface area contributed by atoms with E-state index in [4.69, 9.17) is 0 Å². The van der Waals surface area contributed by atoms with Crippen molar-refractivity contribution in [1.82, 2.24) is 9.97 Å². The second kappa shape index (κ2) is 4.11. The number of nitrogens with zero attached hydrogens (tertiary/aromatic N) is 2. The number of aromatic nitrogens is 2. The molecule has 3 nitrogen and oxygen atoms in total. The van der Waals surface area contributed by atoms with Gasteiger partial charge in [-0.2, -0.15) is 0 Å². The molecule has 70 valence electrons. The van der Waals surface area contributed by atoms with Gasteiger partial charge in [0, 0.05) is 12.4 Å². The Bertz CT molecular complexity index is 411. The second-order valence-electron chi connectivity index (χ2n) is 2.74. The molecule has 2 heterocycles. The first kappa shape index (κ1) is 9.02. The van der Waals surface area contributed by atoms with Crippen molar-refractivity contribution in [2.45, 2.75) is 6.42 Å². The molecule has 0 aliphatic heterocycles. The Balaban J connectivity index is 2.10. The third-order valence-electron chi connectivity index (χ3n) is 1.73. The van der Waals surface area contributed by atoms with E-state index < -0.39 is 0 Å². The first-order valence-corrected chi connectivity index (χ1v) is 5.07. The average molecular weight is 204 g/mol. The van der Waals surface area contributed by atoms with Gasteiger partial charge < -0.3 is 0 Å². The van der Waals surface area contributed by atoms with Crippen LogP contribution in [0.1, 0.15) is 15.5 Å². The first-order chi connectivity index (χ1) is 6.86. The molecule has 0 unspecified atom stereocenters. The zero-order chi connectivity index (χ0) is 9.80. The van der Waals surface area contributed by atoms with Gasteiger partial charge in [0.05, 0.1) is 11.3 Å². The van der Waals surface area contributed by atoms with Crippen LogP contribution in [0.3, 0.4) is 0 Å². The molecule has 0 fully saturated rings. The minimum Gasteiger partial charge on any atom is -0.293 e. The Hall–Kier alpha value is -1.55. The van der Waals surface area contributed by atoms with Crippen molar-refractivity contribution in [3.8, 4) is 0 Å². The summed E-state index contributed by atoms with van der Waals surface area (Å²) >= 11 is 1.45. The number of Topliss-reactive ketones (excluding diaryl/α,β-unsaturated/α-hetero) is 1. The lowest BCUT2D eigenvalue weighted by Gasteiger charge is -1.95. The zero-order valence-corrected chi connectivity index (χ0v) is 8.20. The van der Waals surface area contributed by atoms with Gasteiger partial charge in [-0.15, -0.1) is 11.3 Å². The van der Waals surface area contributed by atoms with E-state index in [2.05, 4.69) is 9.97 Å². The van der Waals surface area contributed by atoms with E-state index in [0.717, 1.165) is 4.88 Å². The number of ketones is 1. The third kappa shape index (κ3) is 2.03. The molecule has 0 aromatic carbocycles. The summed E-state index contributed by atoms with van der Waals surface area (Å²) in [4.78, 5) is 20.4. The van der Waals surface area contributed by atoms with E-state index in [9.17, 15) is 4.79 Å². The zero-order valence-electron chi connectivity index (χ0n) is 7.38.